The predicted molar refractivity (Wildman–Crippen MR) is 148 cm³/mol. The molecular weight excluding hydrogens is 543 g/mol. The lowest BCUT2D eigenvalue weighted by atomic mass is 9.65. The molecule has 38 heavy (non-hydrogen) atoms. The molecule has 3 aliphatic carbocycles. The van der Waals surface area contributed by atoms with Crippen molar-refractivity contribution < 1.29 is 21.6 Å². The summed E-state index contributed by atoms with van der Waals surface area (Å²) in [6, 6.07) is 6.98. The number of hydrogen-bond donors (Lipinski definition) is 1. The molecule has 1 amide bonds. The SMILES string of the molecule is CS(=O)(=O)Nc1ccc2c(c1)C1(CCC3(CC3)CC1)CN2C(=O)c1csc(S(=O)(=O)N2CC3(CCC3)C2)c1. The Hall–Kier alpha value is -1.95. The molecular formula is C27H33N3O5S3. The maximum Gasteiger partial charge on any atom is 0.259 e. The van der Waals surface area contributed by atoms with Crippen molar-refractivity contribution in [2.24, 2.45) is 10.8 Å². The number of fused-ring (bicyclic) bond motifs is 2. The van der Waals surface area contributed by atoms with E-state index in [-0.39, 0.29) is 20.9 Å². The van der Waals surface area contributed by atoms with Crippen LogP contribution in [0.2, 0.25) is 0 Å². The Morgan fingerprint density at radius 3 is 2.18 bits per heavy atom. The summed E-state index contributed by atoms with van der Waals surface area (Å²) in [6.45, 7) is 1.71. The molecule has 11 heteroatoms. The van der Waals surface area contributed by atoms with Gasteiger partial charge >= 0.3 is 0 Å². The zero-order chi connectivity index (χ0) is 26.6. The van der Waals surface area contributed by atoms with Gasteiger partial charge in [0.1, 0.15) is 4.21 Å². The fourth-order valence-electron chi connectivity index (χ4n) is 7.20. The van der Waals surface area contributed by atoms with Gasteiger partial charge in [0.05, 0.1) is 11.8 Å². The van der Waals surface area contributed by atoms with Gasteiger partial charge in [-0.25, -0.2) is 16.8 Å². The summed E-state index contributed by atoms with van der Waals surface area (Å²) >= 11 is 1.12. The van der Waals surface area contributed by atoms with Crippen molar-refractivity contribution in [3.05, 3.63) is 40.8 Å². The number of nitrogens with zero attached hydrogens (tertiary/aromatic N) is 2. The molecule has 0 bridgehead atoms. The van der Waals surface area contributed by atoms with Gasteiger partial charge in [-0.3, -0.25) is 9.52 Å². The normalized spacial score (nSPS) is 24.7. The smallest absolute Gasteiger partial charge is 0.259 e. The van der Waals surface area contributed by atoms with Crippen molar-refractivity contribution in [2.75, 3.05) is 35.5 Å². The zero-order valence-electron chi connectivity index (χ0n) is 21.5. The van der Waals surface area contributed by atoms with Gasteiger partial charge in [-0.2, -0.15) is 4.31 Å². The van der Waals surface area contributed by atoms with E-state index in [1.807, 2.05) is 12.1 Å². The second-order valence-corrected chi connectivity index (χ2v) is 17.4. The van der Waals surface area contributed by atoms with Crippen LogP contribution in [0.25, 0.3) is 0 Å². The number of sulfonamides is 2. The third-order valence-electron chi connectivity index (χ3n) is 9.95. The van der Waals surface area contributed by atoms with Gasteiger partial charge in [-0.05, 0) is 92.0 Å². The number of benzene rings is 1. The highest BCUT2D eigenvalue weighted by Crippen LogP contribution is 2.62. The first kappa shape index (κ1) is 25.0. The van der Waals surface area contributed by atoms with Crippen molar-refractivity contribution in [1.29, 1.82) is 0 Å². The second kappa shape index (κ2) is 8.05. The predicted octanol–water partition coefficient (Wildman–Crippen LogP) is 4.55. The van der Waals surface area contributed by atoms with E-state index in [4.69, 9.17) is 0 Å². The van der Waals surface area contributed by atoms with Crippen LogP contribution in [-0.2, 0) is 25.5 Å². The standard InChI is InChI=1S/C27H33N3O5S3/c1-37(32,33)28-20-3-4-22-21(14-20)27(11-9-25(7-8-25)10-12-27)18-30(22)24(31)19-13-23(36-15-19)38(34,35)29-16-26(17-29)5-2-6-26/h3-4,13-15,28H,2,5-12,16-18H2,1H3. The molecule has 1 N–H and O–H groups in total. The number of carbonyl (C=O) groups excluding carboxylic acids is 1. The number of rotatable bonds is 5. The minimum atomic E-state index is -3.59. The number of nitrogens with one attached hydrogen (secondary N) is 1. The van der Waals surface area contributed by atoms with Crippen LogP contribution < -0.4 is 9.62 Å². The fraction of sp³-hybridized carbons (Fsp3) is 0.593. The van der Waals surface area contributed by atoms with Crippen molar-refractivity contribution >= 4 is 48.7 Å². The lowest BCUT2D eigenvalue weighted by molar-refractivity contribution is -0.00782. The summed E-state index contributed by atoms with van der Waals surface area (Å²) in [5, 5.41) is 1.67. The first-order chi connectivity index (χ1) is 17.9. The summed E-state index contributed by atoms with van der Waals surface area (Å²) in [7, 11) is -7.02. The van der Waals surface area contributed by atoms with Gasteiger partial charge < -0.3 is 4.90 Å². The molecule has 3 saturated carbocycles. The largest absolute Gasteiger partial charge is 0.307 e. The molecule has 1 aromatic heterocycles. The highest BCUT2D eigenvalue weighted by Gasteiger charge is 2.54. The Morgan fingerprint density at radius 1 is 0.895 bits per heavy atom. The Balaban J connectivity index is 1.17. The molecule has 3 heterocycles. The molecule has 1 aromatic carbocycles. The Kier molecular flexibility index (Phi) is 5.31. The number of hydrogen-bond acceptors (Lipinski definition) is 6. The molecule has 1 saturated heterocycles. The number of anilines is 2. The summed E-state index contributed by atoms with van der Waals surface area (Å²) in [5.74, 6) is -0.199. The van der Waals surface area contributed by atoms with E-state index in [0.29, 0.717) is 36.3 Å². The van der Waals surface area contributed by atoms with E-state index in [0.717, 1.165) is 67.4 Å². The number of thiophene rings is 1. The van der Waals surface area contributed by atoms with Gasteiger partial charge in [0, 0.05) is 41.8 Å². The molecule has 7 rings (SSSR count). The quantitative estimate of drug-likeness (QED) is 0.564. The zero-order valence-corrected chi connectivity index (χ0v) is 24.0. The lowest BCUT2D eigenvalue weighted by Gasteiger charge is -2.54. The molecule has 0 radical (unpaired) electrons. The van der Waals surface area contributed by atoms with Crippen LogP contribution in [0.3, 0.4) is 0 Å². The van der Waals surface area contributed by atoms with Crippen LogP contribution in [0.5, 0.6) is 0 Å². The van der Waals surface area contributed by atoms with E-state index in [1.54, 1.807) is 26.7 Å². The second-order valence-electron chi connectivity index (χ2n) is 12.6. The Labute approximate surface area is 228 Å². The van der Waals surface area contributed by atoms with E-state index in [2.05, 4.69) is 4.72 Å². The van der Waals surface area contributed by atoms with Crippen molar-refractivity contribution in [2.45, 2.75) is 67.4 Å². The highest BCUT2D eigenvalue weighted by molar-refractivity contribution is 7.92. The Bertz CT molecular complexity index is 1540. The van der Waals surface area contributed by atoms with Crippen LogP contribution in [0, 0.1) is 10.8 Å². The average molecular weight is 576 g/mol. The maximum absolute atomic E-state index is 13.9. The fourth-order valence-corrected chi connectivity index (χ4v) is 10.7. The van der Waals surface area contributed by atoms with E-state index in [1.165, 1.54) is 19.3 Å². The van der Waals surface area contributed by atoms with E-state index < -0.39 is 20.0 Å². The summed E-state index contributed by atoms with van der Waals surface area (Å²) in [4.78, 5) is 15.6. The van der Waals surface area contributed by atoms with Crippen LogP contribution in [0.4, 0.5) is 11.4 Å². The summed E-state index contributed by atoms with van der Waals surface area (Å²) < 4.78 is 54.6. The first-order valence-electron chi connectivity index (χ1n) is 13.4. The van der Waals surface area contributed by atoms with Crippen LogP contribution in [-0.4, -0.2) is 52.9 Å². The molecule has 2 aliphatic heterocycles. The van der Waals surface area contributed by atoms with Crippen LogP contribution >= 0.6 is 11.3 Å². The van der Waals surface area contributed by atoms with Gasteiger partial charge in [0.15, 0.2) is 0 Å². The van der Waals surface area contributed by atoms with Gasteiger partial charge in [0.25, 0.3) is 15.9 Å². The van der Waals surface area contributed by atoms with E-state index in [9.17, 15) is 21.6 Å². The Morgan fingerprint density at radius 2 is 1.58 bits per heavy atom. The molecule has 4 fully saturated rings. The molecule has 0 atom stereocenters. The minimum absolute atomic E-state index is 0.195. The number of amides is 1. The highest BCUT2D eigenvalue weighted by atomic mass is 32.2. The molecule has 8 nitrogen and oxygen atoms in total. The van der Waals surface area contributed by atoms with Gasteiger partial charge in [-0.15, -0.1) is 11.3 Å². The molecule has 2 aromatic rings. The van der Waals surface area contributed by atoms with Crippen LogP contribution in [0.15, 0.2) is 33.9 Å². The number of carbonyl (C=O) groups is 1. The van der Waals surface area contributed by atoms with Crippen molar-refractivity contribution in [3.8, 4) is 0 Å². The third-order valence-corrected chi connectivity index (χ3v) is 13.8. The van der Waals surface area contributed by atoms with Crippen molar-refractivity contribution in [1.82, 2.24) is 4.31 Å². The van der Waals surface area contributed by atoms with Crippen molar-refractivity contribution in [3.63, 3.8) is 0 Å². The summed E-state index contributed by atoms with van der Waals surface area (Å²) in [5.41, 5.74) is 3.17. The molecule has 5 aliphatic rings. The third kappa shape index (κ3) is 3.95. The van der Waals surface area contributed by atoms with Gasteiger partial charge in [0.2, 0.25) is 10.0 Å². The minimum Gasteiger partial charge on any atom is -0.307 e. The van der Waals surface area contributed by atoms with E-state index >= 15 is 0 Å². The summed E-state index contributed by atoms with van der Waals surface area (Å²) in [6.07, 6.45) is 11.2. The van der Waals surface area contributed by atoms with Gasteiger partial charge in [-0.1, -0.05) is 6.42 Å². The topological polar surface area (TPSA) is 104 Å². The maximum atomic E-state index is 13.9. The van der Waals surface area contributed by atoms with Crippen LogP contribution in [0.1, 0.15) is 73.7 Å². The monoisotopic (exact) mass is 575 g/mol. The lowest BCUT2D eigenvalue weighted by Crippen LogP contribution is -2.61. The molecule has 0 unspecified atom stereocenters. The average Bonchev–Trinajstić information content (AvgIpc) is 3.23. The molecule has 3 spiro atoms. The molecule has 204 valence electrons. The first-order valence-corrected chi connectivity index (χ1v) is 17.7.